The number of ether oxygens (including phenoxy) is 4. The normalized spacial score (nSPS) is 11.4. The Labute approximate surface area is 436 Å². The first-order valence-corrected chi connectivity index (χ1v) is 25.0. The molecule has 6 aromatic carbocycles. The Morgan fingerprint density at radius 3 is 1.36 bits per heavy atom. The summed E-state index contributed by atoms with van der Waals surface area (Å²) in [6, 6.07) is 43.8. The lowest BCUT2D eigenvalue weighted by Gasteiger charge is -2.27. The minimum Gasteiger partial charge on any atom is -0.508 e. The Bertz CT molecular complexity index is 3210. The van der Waals surface area contributed by atoms with Gasteiger partial charge in [-0.15, -0.1) is 0 Å². The SMILES string of the molecule is COCCOc1ccc2c(N(Cc3ccc(-c4ccc(OC)c(C)c4)cc3)C(=O)CC(C)(C)C)nccc2c1.COc1ccc(-c2ccc(CN(C(=O)CC(C)(C)C)c3nccc4cc(O)ccc34)cc2)cc1C. The fourth-order valence-corrected chi connectivity index (χ4v) is 8.80. The third kappa shape index (κ3) is 14.0. The summed E-state index contributed by atoms with van der Waals surface area (Å²) in [5.74, 6) is 4.00. The van der Waals surface area contributed by atoms with Gasteiger partial charge in [0.05, 0.1) is 33.9 Å². The first-order chi connectivity index (χ1) is 35.3. The van der Waals surface area contributed by atoms with Gasteiger partial charge in [0, 0.05) is 43.1 Å². The number of amides is 2. The van der Waals surface area contributed by atoms with Gasteiger partial charge in [-0.3, -0.25) is 19.4 Å². The molecule has 2 aromatic heterocycles. The van der Waals surface area contributed by atoms with Crippen molar-refractivity contribution in [3.8, 4) is 45.3 Å². The average molecular weight is 995 g/mol. The molecule has 0 aliphatic heterocycles. The number of nitrogens with zero attached hydrogens (tertiary/aromatic N) is 4. The minimum absolute atomic E-state index is 0.0143. The largest absolute Gasteiger partial charge is 0.508 e. The molecule has 11 nitrogen and oxygen atoms in total. The molecule has 0 fully saturated rings. The zero-order valence-corrected chi connectivity index (χ0v) is 44.8. The molecule has 2 heterocycles. The number of phenols is 1. The van der Waals surface area contributed by atoms with Crippen LogP contribution in [0.4, 0.5) is 11.6 Å². The summed E-state index contributed by atoms with van der Waals surface area (Å²) < 4.78 is 21.7. The van der Waals surface area contributed by atoms with Crippen molar-refractivity contribution >= 4 is 45.0 Å². The van der Waals surface area contributed by atoms with Crippen molar-refractivity contribution < 1.29 is 33.6 Å². The molecule has 0 saturated heterocycles. The molecule has 8 aromatic rings. The molecule has 0 aliphatic rings. The molecule has 11 heteroatoms. The van der Waals surface area contributed by atoms with E-state index in [9.17, 15) is 14.7 Å². The number of anilines is 2. The van der Waals surface area contributed by atoms with Gasteiger partial charge >= 0.3 is 0 Å². The van der Waals surface area contributed by atoms with Crippen LogP contribution in [-0.2, 0) is 27.4 Å². The van der Waals surface area contributed by atoms with Crippen LogP contribution in [0.25, 0.3) is 43.8 Å². The third-order valence-electron chi connectivity index (χ3n) is 12.5. The summed E-state index contributed by atoms with van der Waals surface area (Å²) in [6.45, 7) is 18.3. The molecule has 1 N–H and O–H groups in total. The van der Waals surface area contributed by atoms with Gasteiger partial charge in [0.15, 0.2) is 0 Å². The first kappa shape index (κ1) is 54.0. The van der Waals surface area contributed by atoms with E-state index < -0.39 is 0 Å². The van der Waals surface area contributed by atoms with Crippen molar-refractivity contribution in [3.05, 3.63) is 168 Å². The number of rotatable bonds is 16. The maximum atomic E-state index is 13.7. The van der Waals surface area contributed by atoms with Crippen molar-refractivity contribution in [3.63, 3.8) is 0 Å². The number of carbonyl (C=O) groups is 2. The van der Waals surface area contributed by atoms with Gasteiger partial charge in [-0.1, -0.05) is 102 Å². The molecule has 0 unspecified atom stereocenters. The highest BCUT2D eigenvalue weighted by Crippen LogP contribution is 2.35. The van der Waals surface area contributed by atoms with Gasteiger partial charge in [0.25, 0.3) is 0 Å². The number of pyridine rings is 2. The van der Waals surface area contributed by atoms with Gasteiger partial charge in [-0.25, -0.2) is 9.97 Å². The molecule has 384 valence electrons. The van der Waals surface area contributed by atoms with Crippen LogP contribution in [0.2, 0.25) is 0 Å². The van der Waals surface area contributed by atoms with E-state index in [1.165, 1.54) is 0 Å². The predicted octanol–water partition coefficient (Wildman–Crippen LogP) is 14.1. The summed E-state index contributed by atoms with van der Waals surface area (Å²) in [6.07, 6.45) is 4.24. The summed E-state index contributed by atoms with van der Waals surface area (Å²) >= 11 is 0. The van der Waals surface area contributed by atoms with Gasteiger partial charge in [0.1, 0.15) is 41.2 Å². The average Bonchev–Trinajstić information content (AvgIpc) is 3.36. The number of aryl methyl sites for hydroxylation is 2. The number of aromatic nitrogens is 2. The van der Waals surface area contributed by atoms with E-state index in [4.69, 9.17) is 18.9 Å². The minimum atomic E-state index is -0.158. The Balaban J connectivity index is 0.000000217. The number of methoxy groups -OCH3 is 3. The highest BCUT2D eigenvalue weighted by molar-refractivity contribution is 6.03. The highest BCUT2D eigenvalue weighted by atomic mass is 16.5. The number of carbonyl (C=O) groups excluding carboxylic acids is 2. The van der Waals surface area contributed by atoms with Crippen molar-refractivity contribution in [1.82, 2.24) is 9.97 Å². The maximum Gasteiger partial charge on any atom is 0.229 e. The lowest BCUT2D eigenvalue weighted by atomic mass is 9.91. The smallest absolute Gasteiger partial charge is 0.229 e. The summed E-state index contributed by atoms with van der Waals surface area (Å²) in [7, 11) is 5.01. The number of phenolic OH excluding ortho intramolecular Hbond substituents is 1. The van der Waals surface area contributed by atoms with E-state index in [-0.39, 0.29) is 28.4 Å². The van der Waals surface area contributed by atoms with Crippen LogP contribution in [0.1, 0.15) is 76.6 Å². The molecular weight excluding hydrogens is 925 g/mol. The van der Waals surface area contributed by atoms with Crippen molar-refractivity contribution in [2.45, 2.75) is 81.3 Å². The van der Waals surface area contributed by atoms with Gasteiger partial charge in [-0.05, 0) is 153 Å². The maximum absolute atomic E-state index is 13.7. The van der Waals surface area contributed by atoms with Gasteiger partial charge in [0.2, 0.25) is 11.8 Å². The molecule has 74 heavy (non-hydrogen) atoms. The third-order valence-corrected chi connectivity index (χ3v) is 12.5. The van der Waals surface area contributed by atoms with Crippen LogP contribution in [0, 0.1) is 24.7 Å². The van der Waals surface area contributed by atoms with Crippen molar-refractivity contribution in [2.24, 2.45) is 10.8 Å². The quantitative estimate of drug-likeness (QED) is 0.0942. The molecule has 2 amide bonds. The fourth-order valence-electron chi connectivity index (χ4n) is 8.80. The number of hydrogen-bond acceptors (Lipinski definition) is 9. The van der Waals surface area contributed by atoms with E-state index >= 15 is 0 Å². The lowest BCUT2D eigenvalue weighted by molar-refractivity contribution is -0.121. The van der Waals surface area contributed by atoms with E-state index in [2.05, 4.69) is 124 Å². The zero-order valence-electron chi connectivity index (χ0n) is 44.8. The Morgan fingerprint density at radius 1 is 0.514 bits per heavy atom. The summed E-state index contributed by atoms with van der Waals surface area (Å²) in [5, 5.41) is 13.5. The number of benzene rings is 6. The Hall–Kier alpha value is -7.76. The Morgan fingerprint density at radius 2 is 0.946 bits per heavy atom. The molecule has 0 saturated carbocycles. The molecular formula is C63H70N4O7. The van der Waals surface area contributed by atoms with Crippen LogP contribution in [-0.4, -0.2) is 61.4 Å². The van der Waals surface area contributed by atoms with E-state index in [0.29, 0.717) is 50.8 Å². The van der Waals surface area contributed by atoms with Crippen LogP contribution >= 0.6 is 0 Å². The topological polar surface area (TPSA) is 124 Å². The van der Waals surface area contributed by atoms with Crippen LogP contribution in [0.5, 0.6) is 23.0 Å². The monoisotopic (exact) mass is 995 g/mol. The highest BCUT2D eigenvalue weighted by Gasteiger charge is 2.27. The van der Waals surface area contributed by atoms with Crippen LogP contribution in [0.15, 0.2) is 146 Å². The molecule has 0 aliphatic carbocycles. The van der Waals surface area contributed by atoms with Crippen molar-refractivity contribution in [1.29, 1.82) is 0 Å². The van der Waals surface area contributed by atoms with E-state index in [0.717, 1.165) is 83.3 Å². The number of hydrogen-bond donors (Lipinski definition) is 1. The standard InChI is InChI=1S/C33H38N2O4.C30H32N2O3/c1-23-19-26(11-14-30(23)38-6)25-9-7-24(8-10-25)22-35(31(36)21-33(2,3)4)32-29-13-12-28(39-18-17-37-5)20-27(29)15-16-34-32;1-20-16-23(10-13-27(20)35-5)22-8-6-21(7-9-22)19-32(28(34)18-30(2,3)4)29-26-12-11-25(33)17-24(26)14-15-31-29/h7-16,19-20H,17-18,21-22H2,1-6H3;6-17,33H,18-19H2,1-5H3. The second kappa shape index (κ2) is 23.9. The molecule has 0 atom stereocenters. The zero-order chi connectivity index (χ0) is 53.2. The second-order valence-corrected chi connectivity index (χ2v) is 21.1. The summed E-state index contributed by atoms with van der Waals surface area (Å²) in [4.78, 5) is 40.0. The molecule has 0 spiro atoms. The van der Waals surface area contributed by atoms with Gasteiger partial charge < -0.3 is 24.1 Å². The molecule has 0 radical (unpaired) electrons. The first-order valence-electron chi connectivity index (χ1n) is 25.0. The van der Waals surface area contributed by atoms with Crippen LogP contribution in [0.3, 0.4) is 0 Å². The second-order valence-electron chi connectivity index (χ2n) is 21.1. The van der Waals surface area contributed by atoms with Gasteiger partial charge in [-0.2, -0.15) is 0 Å². The summed E-state index contributed by atoms with van der Waals surface area (Å²) in [5.41, 5.74) is 8.36. The molecule has 0 bridgehead atoms. The predicted molar refractivity (Wildman–Crippen MR) is 299 cm³/mol. The number of aromatic hydroxyl groups is 1. The Kier molecular flexibility index (Phi) is 17.4. The van der Waals surface area contributed by atoms with Crippen molar-refractivity contribution in [2.75, 3.05) is 44.3 Å². The van der Waals surface area contributed by atoms with Crippen LogP contribution < -0.4 is 24.0 Å². The van der Waals surface area contributed by atoms with E-state index in [1.807, 2.05) is 67.3 Å². The fraction of sp³-hybridized carbons (Fsp3) is 0.302. The van der Waals surface area contributed by atoms with E-state index in [1.54, 1.807) is 50.8 Å². The number of fused-ring (bicyclic) bond motifs is 2. The lowest BCUT2D eigenvalue weighted by Crippen LogP contribution is -2.34. The molecule has 8 rings (SSSR count).